The smallest absolute Gasteiger partial charge is 0.254 e. The minimum atomic E-state index is -2.34. The van der Waals surface area contributed by atoms with Gasteiger partial charge in [-0.1, -0.05) is 36.4 Å². The molecular weight excluding hydrogens is 560 g/mol. The predicted octanol–water partition coefficient (Wildman–Crippen LogP) is 6.46. The Labute approximate surface area is 248 Å². The van der Waals surface area contributed by atoms with Crippen molar-refractivity contribution in [3.63, 3.8) is 0 Å². The van der Waals surface area contributed by atoms with Crippen molar-refractivity contribution < 1.29 is 31.9 Å². The van der Waals surface area contributed by atoms with Gasteiger partial charge in [0.2, 0.25) is 12.9 Å². The van der Waals surface area contributed by atoms with Crippen LogP contribution in [-0.4, -0.2) is 49.8 Å². The summed E-state index contributed by atoms with van der Waals surface area (Å²) in [5.74, 6) is 0.653. The summed E-state index contributed by atoms with van der Waals surface area (Å²) in [5, 5.41) is 2.75. The highest BCUT2D eigenvalue weighted by Crippen LogP contribution is 2.54. The Morgan fingerprint density at radius 3 is 1.88 bits per heavy atom. The Bertz CT molecular complexity index is 1530. The number of ether oxygens (including phenoxy) is 1. The van der Waals surface area contributed by atoms with Gasteiger partial charge in [-0.25, -0.2) is 17.6 Å². The highest BCUT2D eigenvalue weighted by molar-refractivity contribution is 5.97. The number of amides is 2. The lowest BCUT2D eigenvalue weighted by Gasteiger charge is -2.29. The lowest BCUT2D eigenvalue weighted by Crippen LogP contribution is -2.37. The number of nitrogens with zero attached hydrogens (tertiary/aromatic N) is 1. The molecule has 4 aliphatic rings. The molecule has 0 atom stereocenters. The lowest BCUT2D eigenvalue weighted by atomic mass is 9.89. The third-order valence-electron chi connectivity index (χ3n) is 9.40. The van der Waals surface area contributed by atoms with Gasteiger partial charge in [-0.05, 0) is 90.6 Å². The minimum Gasteiger partial charge on any atom is -0.497 e. The van der Waals surface area contributed by atoms with Crippen molar-refractivity contribution >= 4 is 11.8 Å². The molecule has 3 aromatic carbocycles. The van der Waals surface area contributed by atoms with Crippen molar-refractivity contribution in [3.8, 4) is 5.75 Å². The number of methoxy groups -OCH3 is 1. The second-order valence-electron chi connectivity index (χ2n) is 12.0. The number of hydrogen-bond donors (Lipinski definition) is 1. The molecule has 0 radical (unpaired) electrons. The molecule has 2 aliphatic heterocycles. The maximum Gasteiger partial charge on any atom is 0.254 e. The van der Waals surface area contributed by atoms with E-state index in [0.29, 0.717) is 74.0 Å². The molecule has 3 aromatic rings. The maximum absolute atomic E-state index is 13.3. The second kappa shape index (κ2) is 11.3. The molecule has 9 heteroatoms. The first-order chi connectivity index (χ1) is 20.7. The van der Waals surface area contributed by atoms with Gasteiger partial charge in [-0.2, -0.15) is 0 Å². The van der Waals surface area contributed by atoms with Crippen LogP contribution in [0.15, 0.2) is 60.7 Å². The molecule has 5 nitrogen and oxygen atoms in total. The van der Waals surface area contributed by atoms with Gasteiger partial charge in [-0.3, -0.25) is 9.59 Å². The standard InChI is InChI=1S/C21H21F2NO2.C13H13F2NO/c1-26-17-5-2-14(3-6-17)13-24-11-8-15-12-16(4-7-18(15)19(24)25)21(9-10-21)20(22)23;14-12(15)13(4-5-13)9-1-2-10-8(7-9)3-6-16-11(10)17/h2-7,12,20H,8-11,13H2,1H3;1-2,7,12H,3-6H2,(H,16,17). The molecule has 2 amide bonds. The zero-order valence-electron chi connectivity index (χ0n) is 24.0. The Balaban J connectivity index is 0.000000167. The summed E-state index contributed by atoms with van der Waals surface area (Å²) in [6, 6.07) is 18.1. The number of carbonyl (C=O) groups excluding carboxylic acids is 2. The fourth-order valence-corrected chi connectivity index (χ4v) is 6.22. The average Bonchev–Trinajstić information content (AvgIpc) is 3.94. The summed E-state index contributed by atoms with van der Waals surface area (Å²) in [4.78, 5) is 26.2. The normalized spacial score (nSPS) is 19.2. The minimum absolute atomic E-state index is 0.0319. The number of carbonyl (C=O) groups is 2. The van der Waals surface area contributed by atoms with Crippen LogP contribution in [0.25, 0.3) is 0 Å². The summed E-state index contributed by atoms with van der Waals surface area (Å²) >= 11 is 0. The summed E-state index contributed by atoms with van der Waals surface area (Å²) in [6.45, 7) is 1.73. The molecule has 43 heavy (non-hydrogen) atoms. The van der Waals surface area contributed by atoms with Crippen molar-refractivity contribution in [1.29, 1.82) is 0 Å². The van der Waals surface area contributed by atoms with Crippen molar-refractivity contribution in [3.05, 3.63) is 99.6 Å². The Morgan fingerprint density at radius 1 is 0.791 bits per heavy atom. The first-order valence-corrected chi connectivity index (χ1v) is 14.7. The molecule has 2 heterocycles. The number of halogens is 4. The molecule has 2 fully saturated rings. The van der Waals surface area contributed by atoms with Crippen LogP contribution in [0.1, 0.15) is 74.2 Å². The van der Waals surface area contributed by atoms with Crippen LogP contribution in [-0.2, 0) is 30.2 Å². The van der Waals surface area contributed by atoms with Gasteiger partial charge in [0.1, 0.15) is 5.75 Å². The van der Waals surface area contributed by atoms with Crippen LogP contribution in [0.4, 0.5) is 17.6 Å². The molecule has 7 rings (SSSR count). The van der Waals surface area contributed by atoms with E-state index in [2.05, 4.69) is 5.32 Å². The Hall–Kier alpha value is -3.88. The second-order valence-corrected chi connectivity index (χ2v) is 12.0. The molecule has 1 N–H and O–H groups in total. The molecule has 2 saturated carbocycles. The summed E-state index contributed by atoms with van der Waals surface area (Å²) in [7, 11) is 1.62. The summed E-state index contributed by atoms with van der Waals surface area (Å²) in [5.41, 5.74) is 3.58. The fraction of sp³-hybridized carbons (Fsp3) is 0.412. The van der Waals surface area contributed by atoms with E-state index in [9.17, 15) is 27.2 Å². The number of benzene rings is 3. The number of rotatable bonds is 7. The SMILES string of the molecule is COc1ccc(CN2CCc3cc(C4(C(F)F)CC4)ccc3C2=O)cc1.O=C1NCCc2cc(C3(C(F)F)CC3)ccc21. The zero-order chi connectivity index (χ0) is 30.4. The van der Waals surface area contributed by atoms with E-state index in [1.807, 2.05) is 35.2 Å². The van der Waals surface area contributed by atoms with Crippen molar-refractivity contribution in [2.75, 3.05) is 20.2 Å². The molecule has 0 saturated heterocycles. The van der Waals surface area contributed by atoms with Crippen LogP contribution in [0, 0.1) is 0 Å². The largest absolute Gasteiger partial charge is 0.497 e. The van der Waals surface area contributed by atoms with Crippen LogP contribution < -0.4 is 10.1 Å². The van der Waals surface area contributed by atoms with E-state index in [4.69, 9.17) is 4.74 Å². The van der Waals surface area contributed by atoms with Crippen molar-refractivity contribution in [1.82, 2.24) is 10.2 Å². The maximum atomic E-state index is 13.3. The summed E-state index contributed by atoms with van der Waals surface area (Å²) in [6.07, 6.45) is -1.06. The number of hydrogen-bond acceptors (Lipinski definition) is 3. The van der Waals surface area contributed by atoms with Crippen LogP contribution in [0.5, 0.6) is 5.75 Å². The lowest BCUT2D eigenvalue weighted by molar-refractivity contribution is 0.0726. The van der Waals surface area contributed by atoms with Gasteiger partial charge in [0.15, 0.2) is 0 Å². The summed E-state index contributed by atoms with van der Waals surface area (Å²) < 4.78 is 57.8. The third-order valence-corrected chi connectivity index (χ3v) is 9.40. The van der Waals surface area contributed by atoms with E-state index in [1.54, 1.807) is 37.4 Å². The Morgan fingerprint density at radius 2 is 1.35 bits per heavy atom. The monoisotopic (exact) mass is 594 g/mol. The third kappa shape index (κ3) is 5.50. The van der Waals surface area contributed by atoms with Crippen molar-refractivity contribution in [2.45, 2.75) is 68.8 Å². The van der Waals surface area contributed by atoms with Gasteiger partial charge >= 0.3 is 0 Å². The number of nitrogens with one attached hydrogen (secondary N) is 1. The van der Waals surface area contributed by atoms with E-state index >= 15 is 0 Å². The first-order valence-electron chi connectivity index (χ1n) is 14.7. The van der Waals surface area contributed by atoms with Gasteiger partial charge in [0.25, 0.3) is 11.8 Å². The van der Waals surface area contributed by atoms with Crippen LogP contribution in [0.2, 0.25) is 0 Å². The molecule has 2 aliphatic carbocycles. The van der Waals surface area contributed by atoms with Crippen molar-refractivity contribution in [2.24, 2.45) is 0 Å². The van der Waals surface area contributed by atoms with E-state index in [-0.39, 0.29) is 11.8 Å². The topological polar surface area (TPSA) is 58.6 Å². The fourth-order valence-electron chi connectivity index (χ4n) is 6.22. The highest BCUT2D eigenvalue weighted by Gasteiger charge is 2.53. The number of fused-ring (bicyclic) bond motifs is 2. The molecular formula is C34H34F4N2O3. The van der Waals surface area contributed by atoms with Crippen LogP contribution in [0.3, 0.4) is 0 Å². The molecule has 226 valence electrons. The van der Waals surface area contributed by atoms with Gasteiger partial charge in [0, 0.05) is 30.8 Å². The van der Waals surface area contributed by atoms with E-state index in [0.717, 1.165) is 28.9 Å². The highest BCUT2D eigenvalue weighted by atomic mass is 19.3. The zero-order valence-corrected chi connectivity index (χ0v) is 24.0. The van der Waals surface area contributed by atoms with E-state index < -0.39 is 23.7 Å². The quantitative estimate of drug-likeness (QED) is 0.320. The molecule has 0 spiro atoms. The Kier molecular flexibility index (Phi) is 7.69. The van der Waals surface area contributed by atoms with Crippen LogP contribution >= 0.6 is 0 Å². The van der Waals surface area contributed by atoms with Gasteiger partial charge < -0.3 is 15.0 Å². The predicted molar refractivity (Wildman–Crippen MR) is 154 cm³/mol. The van der Waals surface area contributed by atoms with Gasteiger partial charge in [-0.15, -0.1) is 0 Å². The van der Waals surface area contributed by atoms with E-state index in [1.165, 1.54) is 0 Å². The molecule has 0 bridgehead atoms. The molecule has 0 unspecified atom stereocenters. The molecule has 0 aromatic heterocycles. The first kappa shape index (κ1) is 29.2. The van der Waals surface area contributed by atoms with Gasteiger partial charge in [0.05, 0.1) is 17.9 Å². The average molecular weight is 595 g/mol. The number of alkyl halides is 4.